The third-order valence-electron chi connectivity index (χ3n) is 0.576. The van der Waals surface area contributed by atoms with Crippen molar-refractivity contribution in [3.05, 3.63) is 0 Å². The van der Waals surface area contributed by atoms with Crippen LogP contribution in [0, 0.1) is 0 Å². The summed E-state index contributed by atoms with van der Waals surface area (Å²) in [6.07, 6.45) is 0. The molecular weight excluding hydrogens is 130 g/mol. The average molecular weight is 135 g/mol. The largest absolute Gasteiger partial charge is 0.311 e. The van der Waals surface area contributed by atoms with Crippen molar-refractivity contribution in [2.75, 3.05) is 5.75 Å². The molecule has 0 aromatic rings. The maximum atomic E-state index is 10.2. The molecule has 0 radical (unpaired) electrons. The molecule has 1 saturated heterocycles. The van der Waals surface area contributed by atoms with Crippen LogP contribution in [0.5, 0.6) is 0 Å². The first-order valence-electron chi connectivity index (χ1n) is 1.75. The number of hydrogen-bond donors (Lipinski definition) is 1. The van der Waals surface area contributed by atoms with Gasteiger partial charge in [0.25, 0.3) is 0 Å². The van der Waals surface area contributed by atoms with E-state index >= 15 is 0 Å². The summed E-state index contributed by atoms with van der Waals surface area (Å²) in [5, 5.41) is 2.47. The second-order valence-electron chi connectivity index (χ2n) is 1.12. The van der Waals surface area contributed by atoms with Gasteiger partial charge in [-0.05, 0) is 0 Å². The Morgan fingerprint density at radius 3 is 2.86 bits per heavy atom. The molecule has 4 heteroatoms. The third kappa shape index (κ3) is 1.14. The van der Waals surface area contributed by atoms with Crippen molar-refractivity contribution >= 4 is 34.2 Å². The van der Waals surface area contributed by atoms with Crippen molar-refractivity contribution in [3.8, 4) is 0 Å². The van der Waals surface area contributed by atoms with E-state index in [1.165, 1.54) is 11.8 Å². The van der Waals surface area contributed by atoms with E-state index in [-0.39, 0.29) is 7.33 Å². The number of carbonyl (C=O) groups is 1. The lowest BCUT2D eigenvalue weighted by Gasteiger charge is -1.81. The van der Waals surface area contributed by atoms with Crippen molar-refractivity contribution in [1.82, 2.24) is 5.32 Å². The van der Waals surface area contributed by atoms with Gasteiger partial charge in [0.05, 0.1) is 5.75 Å². The molecule has 0 unspecified atom stereocenters. The summed E-state index contributed by atoms with van der Waals surface area (Å²) in [4.78, 5) is 10.2. The first kappa shape index (κ1) is 5.05. The van der Waals surface area contributed by atoms with Crippen LogP contribution in [0.25, 0.3) is 0 Å². The molecule has 1 heterocycles. The minimum Gasteiger partial charge on any atom is -0.311 e. The first-order chi connectivity index (χ1) is 3.29. The molecule has 1 N–H and O–H groups in total. The van der Waals surface area contributed by atoms with Crippen LogP contribution in [-0.2, 0) is 4.79 Å². The predicted octanol–water partition coefficient (Wildman–Crippen LogP) is 0.380. The number of rotatable bonds is 0. The van der Waals surface area contributed by atoms with Crippen LogP contribution in [0.15, 0.2) is 0 Å². The lowest BCUT2D eigenvalue weighted by molar-refractivity contribution is -0.116. The van der Waals surface area contributed by atoms with E-state index in [1.54, 1.807) is 0 Å². The highest BCUT2D eigenvalue weighted by molar-refractivity contribution is 8.24. The number of carbonyl (C=O) groups excluding carboxylic acids is 1. The zero-order chi connectivity index (χ0) is 5.28. The quantitative estimate of drug-likeness (QED) is 0.487. The van der Waals surface area contributed by atoms with Gasteiger partial charge in [-0.2, -0.15) is 0 Å². The van der Waals surface area contributed by atoms with Gasteiger partial charge in [0.2, 0.25) is 5.91 Å². The maximum Gasteiger partial charge on any atom is 0.235 e. The number of thioether (sulfide) groups is 1. The smallest absolute Gasteiger partial charge is 0.235 e. The zero-order valence-corrected chi connectivity index (χ0v) is 5.06. The highest BCUT2D eigenvalue weighted by atomic mass is 32.2. The SMILES string of the molecule is O=C1CSC(=S)N1.[HH]. The summed E-state index contributed by atoms with van der Waals surface area (Å²) in [5.41, 5.74) is 0. The highest BCUT2D eigenvalue weighted by Crippen LogP contribution is 2.06. The van der Waals surface area contributed by atoms with Crippen LogP contribution in [0.2, 0.25) is 0 Å². The van der Waals surface area contributed by atoms with Crippen LogP contribution in [0.3, 0.4) is 0 Å². The summed E-state index contributed by atoms with van der Waals surface area (Å²) in [6.45, 7) is 0. The van der Waals surface area contributed by atoms with E-state index in [1.807, 2.05) is 0 Å². The number of nitrogens with one attached hydrogen (secondary N) is 1. The van der Waals surface area contributed by atoms with Crippen LogP contribution in [0.1, 0.15) is 1.43 Å². The van der Waals surface area contributed by atoms with Gasteiger partial charge >= 0.3 is 0 Å². The molecule has 7 heavy (non-hydrogen) atoms. The molecule has 1 aliphatic rings. The van der Waals surface area contributed by atoms with E-state index in [0.29, 0.717) is 10.1 Å². The van der Waals surface area contributed by atoms with Crippen molar-refractivity contribution in [1.29, 1.82) is 0 Å². The minimum absolute atomic E-state index is 0. The molecule has 0 spiro atoms. The molecule has 0 aliphatic carbocycles. The van der Waals surface area contributed by atoms with Crippen LogP contribution in [0.4, 0.5) is 0 Å². The van der Waals surface area contributed by atoms with Gasteiger partial charge in [0.15, 0.2) is 0 Å². The van der Waals surface area contributed by atoms with E-state index in [0.717, 1.165) is 0 Å². The average Bonchev–Trinajstić information content (AvgIpc) is 1.87. The minimum atomic E-state index is 0. The Morgan fingerprint density at radius 1 is 2.00 bits per heavy atom. The van der Waals surface area contributed by atoms with E-state index in [4.69, 9.17) is 0 Å². The second-order valence-corrected chi connectivity index (χ2v) is 2.78. The summed E-state index contributed by atoms with van der Waals surface area (Å²) < 4.78 is 0.602. The van der Waals surface area contributed by atoms with Gasteiger partial charge in [-0.25, -0.2) is 0 Å². The molecule has 40 valence electrons. The van der Waals surface area contributed by atoms with Crippen molar-refractivity contribution in [3.63, 3.8) is 0 Å². The molecular formula is C3H5NOS2. The fourth-order valence-electron chi connectivity index (χ4n) is 0.317. The van der Waals surface area contributed by atoms with Crippen molar-refractivity contribution in [2.45, 2.75) is 0 Å². The summed E-state index contributed by atoms with van der Waals surface area (Å²) in [7, 11) is 0. The lowest BCUT2D eigenvalue weighted by Crippen LogP contribution is -2.18. The summed E-state index contributed by atoms with van der Waals surface area (Å²) in [6, 6.07) is 0. The maximum absolute atomic E-state index is 10.2. The van der Waals surface area contributed by atoms with Crippen LogP contribution < -0.4 is 5.32 Å². The fourth-order valence-corrected chi connectivity index (χ4v) is 1.13. The predicted molar refractivity (Wildman–Crippen MR) is 35.3 cm³/mol. The molecule has 2 nitrogen and oxygen atoms in total. The fraction of sp³-hybridized carbons (Fsp3) is 0.333. The standard InChI is InChI=1S/C3H3NOS2.H2/c5-2-1-7-3(6)4-2;/h1H2,(H,4,5,6);1H. The van der Waals surface area contributed by atoms with Crippen LogP contribution in [-0.4, -0.2) is 16.0 Å². The molecule has 0 atom stereocenters. The van der Waals surface area contributed by atoms with Crippen molar-refractivity contribution in [2.24, 2.45) is 0 Å². The number of hydrogen-bond acceptors (Lipinski definition) is 3. The molecule has 0 saturated carbocycles. The van der Waals surface area contributed by atoms with Gasteiger partial charge in [-0.1, -0.05) is 24.0 Å². The van der Waals surface area contributed by atoms with E-state index in [9.17, 15) is 4.79 Å². The molecule has 1 rings (SSSR count). The van der Waals surface area contributed by atoms with Crippen LogP contribution >= 0.6 is 24.0 Å². The van der Waals surface area contributed by atoms with E-state index < -0.39 is 0 Å². The second kappa shape index (κ2) is 1.79. The van der Waals surface area contributed by atoms with E-state index in [2.05, 4.69) is 17.5 Å². The Morgan fingerprint density at radius 2 is 2.71 bits per heavy atom. The Hall–Kier alpha value is -0.0900. The van der Waals surface area contributed by atoms with Gasteiger partial charge < -0.3 is 5.32 Å². The molecule has 1 amide bonds. The molecule has 1 aliphatic heterocycles. The monoisotopic (exact) mass is 135 g/mol. The Bertz CT molecular complexity index is 112. The van der Waals surface area contributed by atoms with Gasteiger partial charge in [-0.3, -0.25) is 4.79 Å². The Labute approximate surface area is 52.1 Å². The Balaban J connectivity index is 0.000000490. The van der Waals surface area contributed by atoms with Crippen molar-refractivity contribution < 1.29 is 6.22 Å². The van der Waals surface area contributed by atoms with Gasteiger partial charge in [-0.15, -0.1) is 0 Å². The summed E-state index contributed by atoms with van der Waals surface area (Å²) >= 11 is 6.00. The third-order valence-corrected chi connectivity index (χ3v) is 1.80. The highest BCUT2D eigenvalue weighted by Gasteiger charge is 2.13. The Kier molecular flexibility index (Phi) is 1.30. The van der Waals surface area contributed by atoms with Gasteiger partial charge in [0.1, 0.15) is 4.32 Å². The topological polar surface area (TPSA) is 29.1 Å². The number of amides is 1. The molecule has 0 aromatic heterocycles. The first-order valence-corrected chi connectivity index (χ1v) is 3.15. The molecule has 1 fully saturated rings. The zero-order valence-electron chi connectivity index (χ0n) is 3.43. The number of thiocarbonyl (C=S) groups is 1. The molecule has 0 aromatic carbocycles. The lowest BCUT2D eigenvalue weighted by atomic mass is 10.7. The normalized spacial score (nSPS) is 20.0. The summed E-state index contributed by atoms with van der Waals surface area (Å²) in [5.74, 6) is 0.522. The molecule has 0 bridgehead atoms. The van der Waals surface area contributed by atoms with Gasteiger partial charge in [0, 0.05) is 1.43 Å².